The Morgan fingerprint density at radius 3 is 2.19 bits per heavy atom. The molecular formula is C22H27NO3. The van der Waals surface area contributed by atoms with Crippen molar-refractivity contribution in [1.29, 1.82) is 0 Å². The van der Waals surface area contributed by atoms with Crippen LogP contribution in [0.3, 0.4) is 0 Å². The highest BCUT2D eigenvalue weighted by Gasteiger charge is 2.12. The van der Waals surface area contributed by atoms with E-state index in [1.54, 1.807) is 0 Å². The van der Waals surface area contributed by atoms with Crippen LogP contribution in [0.4, 0.5) is 5.69 Å². The lowest BCUT2D eigenvalue weighted by atomic mass is 9.87. The second kappa shape index (κ2) is 8.65. The molecule has 0 aromatic heterocycles. The molecule has 0 spiro atoms. The number of rotatable bonds is 6. The maximum Gasteiger partial charge on any atom is 0.344 e. The molecule has 0 saturated carbocycles. The summed E-state index contributed by atoms with van der Waals surface area (Å²) in [6, 6.07) is 15.7. The number of aliphatic imine (C=N–C) groups is 1. The van der Waals surface area contributed by atoms with Crippen molar-refractivity contribution in [2.45, 2.75) is 46.1 Å². The van der Waals surface area contributed by atoms with Crippen LogP contribution in [0.25, 0.3) is 0 Å². The molecule has 2 aromatic carbocycles. The third-order valence-electron chi connectivity index (χ3n) is 3.70. The summed E-state index contributed by atoms with van der Waals surface area (Å²) in [6.07, 6.45) is 1.67. The normalized spacial score (nSPS) is 11.8. The summed E-state index contributed by atoms with van der Waals surface area (Å²) in [5, 5.41) is 0. The third kappa shape index (κ3) is 6.36. The number of benzene rings is 2. The van der Waals surface area contributed by atoms with Gasteiger partial charge in [0.15, 0.2) is 6.61 Å². The second-order valence-electron chi connectivity index (χ2n) is 7.45. The van der Waals surface area contributed by atoms with Crippen molar-refractivity contribution >= 4 is 17.9 Å². The largest absolute Gasteiger partial charge is 0.482 e. The Balaban J connectivity index is 1.92. The lowest BCUT2D eigenvalue weighted by molar-refractivity contribution is -0.149. The molecule has 4 heteroatoms. The monoisotopic (exact) mass is 353 g/mol. The predicted molar refractivity (Wildman–Crippen MR) is 106 cm³/mol. The zero-order valence-electron chi connectivity index (χ0n) is 16.2. The first-order valence-corrected chi connectivity index (χ1v) is 8.81. The summed E-state index contributed by atoms with van der Waals surface area (Å²) in [4.78, 5) is 16.0. The van der Waals surface area contributed by atoms with Gasteiger partial charge in [0.2, 0.25) is 0 Å². The Labute approximate surface area is 155 Å². The van der Waals surface area contributed by atoms with Crippen molar-refractivity contribution in [2.75, 3.05) is 6.61 Å². The number of esters is 1. The van der Waals surface area contributed by atoms with Gasteiger partial charge in [-0.15, -0.1) is 0 Å². The lowest BCUT2D eigenvalue weighted by Gasteiger charge is -2.18. The van der Waals surface area contributed by atoms with Crippen molar-refractivity contribution in [3.63, 3.8) is 0 Å². The average molecular weight is 353 g/mol. The number of carbonyl (C=O) groups is 1. The summed E-state index contributed by atoms with van der Waals surface area (Å²) in [5.74, 6) is 0.252. The van der Waals surface area contributed by atoms with Gasteiger partial charge in [0.25, 0.3) is 0 Å². The van der Waals surface area contributed by atoms with E-state index < -0.39 is 0 Å². The Hall–Kier alpha value is -2.62. The van der Waals surface area contributed by atoms with Crippen LogP contribution in [-0.2, 0) is 14.9 Å². The van der Waals surface area contributed by atoms with Crippen molar-refractivity contribution in [1.82, 2.24) is 0 Å². The van der Waals surface area contributed by atoms with Crippen LogP contribution in [-0.4, -0.2) is 24.9 Å². The molecule has 0 aliphatic heterocycles. The predicted octanol–water partition coefficient (Wildman–Crippen LogP) is 5.07. The first-order valence-electron chi connectivity index (χ1n) is 8.81. The minimum absolute atomic E-state index is 0.0915. The van der Waals surface area contributed by atoms with Crippen molar-refractivity contribution < 1.29 is 14.3 Å². The first-order chi connectivity index (χ1) is 12.2. The molecule has 0 fully saturated rings. The molecule has 0 unspecified atom stereocenters. The number of nitrogens with zero attached hydrogens (tertiary/aromatic N) is 1. The Morgan fingerprint density at radius 1 is 1.04 bits per heavy atom. The van der Waals surface area contributed by atoms with Gasteiger partial charge in [-0.1, -0.05) is 32.9 Å². The van der Waals surface area contributed by atoms with Crippen LogP contribution >= 0.6 is 0 Å². The average Bonchev–Trinajstić information content (AvgIpc) is 2.58. The van der Waals surface area contributed by atoms with E-state index in [4.69, 9.17) is 9.47 Å². The van der Waals surface area contributed by atoms with Crippen molar-refractivity contribution in [3.8, 4) is 5.75 Å². The SMILES string of the molecule is CC(C)OC(=O)COc1ccc(C=Nc2ccc(C(C)(C)C)cc2)cc1. The minimum atomic E-state index is -0.371. The fourth-order valence-electron chi connectivity index (χ4n) is 2.29. The van der Waals surface area contributed by atoms with E-state index in [-0.39, 0.29) is 24.1 Å². The highest BCUT2D eigenvalue weighted by atomic mass is 16.6. The van der Waals surface area contributed by atoms with Gasteiger partial charge in [0.05, 0.1) is 11.8 Å². The van der Waals surface area contributed by atoms with E-state index in [9.17, 15) is 4.79 Å². The molecule has 26 heavy (non-hydrogen) atoms. The van der Waals surface area contributed by atoms with E-state index in [1.165, 1.54) is 5.56 Å². The smallest absolute Gasteiger partial charge is 0.344 e. The molecule has 0 aliphatic rings. The van der Waals surface area contributed by atoms with Gasteiger partial charge in [-0.3, -0.25) is 4.99 Å². The fourth-order valence-corrected chi connectivity index (χ4v) is 2.29. The molecule has 0 amide bonds. The molecule has 0 N–H and O–H groups in total. The maximum atomic E-state index is 11.5. The molecule has 0 heterocycles. The van der Waals surface area contributed by atoms with Gasteiger partial charge < -0.3 is 9.47 Å². The number of hydrogen-bond acceptors (Lipinski definition) is 4. The van der Waals surface area contributed by atoms with Crippen LogP contribution in [0.5, 0.6) is 5.75 Å². The zero-order chi connectivity index (χ0) is 19.2. The summed E-state index contributed by atoms with van der Waals surface area (Å²) in [7, 11) is 0. The third-order valence-corrected chi connectivity index (χ3v) is 3.70. The van der Waals surface area contributed by atoms with Crippen LogP contribution in [0.15, 0.2) is 53.5 Å². The Morgan fingerprint density at radius 2 is 1.65 bits per heavy atom. The molecular weight excluding hydrogens is 326 g/mol. The van der Waals surface area contributed by atoms with Gasteiger partial charge in [-0.05, 0) is 66.8 Å². The summed E-state index contributed by atoms with van der Waals surface area (Å²) < 4.78 is 10.4. The topological polar surface area (TPSA) is 47.9 Å². The molecule has 0 saturated heterocycles. The molecule has 0 bridgehead atoms. The van der Waals surface area contributed by atoms with Crippen molar-refractivity contribution in [3.05, 3.63) is 59.7 Å². The first kappa shape index (κ1) is 19.7. The highest BCUT2D eigenvalue weighted by molar-refractivity contribution is 5.82. The lowest BCUT2D eigenvalue weighted by Crippen LogP contribution is -2.18. The fraction of sp³-hybridized carbons (Fsp3) is 0.364. The van der Waals surface area contributed by atoms with Gasteiger partial charge in [-0.25, -0.2) is 4.79 Å². The van der Waals surface area contributed by atoms with Gasteiger partial charge in [0.1, 0.15) is 5.75 Å². The number of ether oxygens (including phenoxy) is 2. The minimum Gasteiger partial charge on any atom is -0.482 e. The summed E-state index contributed by atoms with van der Waals surface area (Å²) >= 11 is 0. The molecule has 4 nitrogen and oxygen atoms in total. The quantitative estimate of drug-likeness (QED) is 0.538. The van der Waals surface area contributed by atoms with Crippen LogP contribution < -0.4 is 4.74 Å². The van der Waals surface area contributed by atoms with Crippen LogP contribution in [0, 0.1) is 0 Å². The molecule has 2 aromatic rings. The molecule has 138 valence electrons. The van der Waals surface area contributed by atoms with Crippen LogP contribution in [0.1, 0.15) is 45.7 Å². The summed E-state index contributed by atoms with van der Waals surface area (Å²) in [6.45, 7) is 10.1. The highest BCUT2D eigenvalue weighted by Crippen LogP contribution is 2.24. The molecule has 0 atom stereocenters. The van der Waals surface area contributed by atoms with Crippen LogP contribution in [0.2, 0.25) is 0 Å². The van der Waals surface area contributed by atoms with E-state index in [1.807, 2.05) is 56.5 Å². The van der Waals surface area contributed by atoms with Gasteiger partial charge in [-0.2, -0.15) is 0 Å². The number of carbonyl (C=O) groups excluding carboxylic acids is 1. The maximum absolute atomic E-state index is 11.5. The molecule has 0 radical (unpaired) electrons. The number of hydrogen-bond donors (Lipinski definition) is 0. The zero-order valence-corrected chi connectivity index (χ0v) is 16.2. The molecule has 0 aliphatic carbocycles. The standard InChI is InChI=1S/C22H27NO3/c1-16(2)26-21(24)15-25-20-12-6-17(7-13-20)14-23-19-10-8-18(9-11-19)22(3,4)5/h6-14,16H,15H2,1-5H3. The van der Waals surface area contributed by atoms with E-state index in [0.29, 0.717) is 5.75 Å². The Kier molecular flexibility index (Phi) is 6.56. The van der Waals surface area contributed by atoms with E-state index in [2.05, 4.69) is 37.9 Å². The second-order valence-corrected chi connectivity index (χ2v) is 7.45. The molecule has 2 rings (SSSR count). The Bertz CT molecular complexity index is 738. The van der Waals surface area contributed by atoms with E-state index >= 15 is 0 Å². The van der Waals surface area contributed by atoms with Gasteiger partial charge in [0, 0.05) is 6.21 Å². The van der Waals surface area contributed by atoms with Gasteiger partial charge >= 0.3 is 5.97 Å². The van der Waals surface area contributed by atoms with E-state index in [0.717, 1.165) is 11.3 Å². The van der Waals surface area contributed by atoms with Crippen molar-refractivity contribution in [2.24, 2.45) is 4.99 Å². The summed E-state index contributed by atoms with van der Waals surface area (Å²) in [5.41, 5.74) is 3.30.